The van der Waals surface area contributed by atoms with Crippen molar-refractivity contribution in [3.05, 3.63) is 59.9 Å². The fraction of sp³-hybridized carbons (Fsp3) is 0.353. The van der Waals surface area contributed by atoms with Gasteiger partial charge in [-0.15, -0.1) is 0 Å². The largest absolute Gasteiger partial charge is 0.493 e. The highest BCUT2D eigenvalue weighted by Gasteiger charge is 2.28. The van der Waals surface area contributed by atoms with Gasteiger partial charge >= 0.3 is 0 Å². The predicted molar refractivity (Wildman–Crippen MR) is 79.6 cm³/mol. The SMILES string of the molecule is CC1COc2ccccc2C1N[C@H](C)c1ccncc1. The molecular weight excluding hydrogens is 248 g/mol. The van der Waals surface area contributed by atoms with Gasteiger partial charge in [-0.05, 0) is 30.7 Å². The normalized spacial score (nSPS) is 22.7. The lowest BCUT2D eigenvalue weighted by atomic mass is 9.91. The van der Waals surface area contributed by atoms with Crippen LogP contribution in [0, 0.1) is 5.92 Å². The van der Waals surface area contributed by atoms with Gasteiger partial charge in [-0.2, -0.15) is 0 Å². The van der Waals surface area contributed by atoms with Gasteiger partial charge in [0, 0.05) is 36.0 Å². The topological polar surface area (TPSA) is 34.1 Å². The van der Waals surface area contributed by atoms with Gasteiger partial charge < -0.3 is 10.1 Å². The van der Waals surface area contributed by atoms with Crippen molar-refractivity contribution in [2.45, 2.75) is 25.9 Å². The molecule has 3 rings (SSSR count). The highest BCUT2D eigenvalue weighted by molar-refractivity contribution is 5.38. The summed E-state index contributed by atoms with van der Waals surface area (Å²) >= 11 is 0. The third kappa shape index (κ3) is 2.54. The maximum Gasteiger partial charge on any atom is 0.124 e. The summed E-state index contributed by atoms with van der Waals surface area (Å²) in [4.78, 5) is 4.08. The Morgan fingerprint density at radius 3 is 2.75 bits per heavy atom. The van der Waals surface area contributed by atoms with Gasteiger partial charge in [0.15, 0.2) is 0 Å². The van der Waals surface area contributed by atoms with Crippen molar-refractivity contribution in [1.29, 1.82) is 0 Å². The minimum atomic E-state index is 0.289. The second-order valence-corrected chi connectivity index (χ2v) is 5.47. The number of nitrogens with zero attached hydrogens (tertiary/aromatic N) is 1. The van der Waals surface area contributed by atoms with E-state index in [9.17, 15) is 0 Å². The second-order valence-electron chi connectivity index (χ2n) is 5.47. The van der Waals surface area contributed by atoms with Crippen LogP contribution in [0.25, 0.3) is 0 Å². The van der Waals surface area contributed by atoms with E-state index in [-0.39, 0.29) is 6.04 Å². The van der Waals surface area contributed by atoms with Crippen LogP contribution < -0.4 is 10.1 Å². The van der Waals surface area contributed by atoms with E-state index in [1.54, 1.807) is 0 Å². The highest BCUT2D eigenvalue weighted by Crippen LogP contribution is 2.36. The monoisotopic (exact) mass is 268 g/mol. The van der Waals surface area contributed by atoms with Gasteiger partial charge in [-0.3, -0.25) is 4.98 Å². The van der Waals surface area contributed by atoms with Crippen LogP contribution in [-0.4, -0.2) is 11.6 Å². The quantitative estimate of drug-likeness (QED) is 0.925. The molecular formula is C17H20N2O. The van der Waals surface area contributed by atoms with Crippen LogP contribution >= 0.6 is 0 Å². The van der Waals surface area contributed by atoms with Crippen LogP contribution in [0.2, 0.25) is 0 Å². The van der Waals surface area contributed by atoms with Crippen molar-refractivity contribution in [3.8, 4) is 5.75 Å². The van der Waals surface area contributed by atoms with E-state index in [1.807, 2.05) is 24.5 Å². The molecule has 3 nitrogen and oxygen atoms in total. The average molecular weight is 268 g/mol. The molecule has 20 heavy (non-hydrogen) atoms. The Hall–Kier alpha value is -1.87. The van der Waals surface area contributed by atoms with E-state index in [0.717, 1.165) is 12.4 Å². The molecule has 0 fully saturated rings. The summed E-state index contributed by atoms with van der Waals surface area (Å²) in [5.74, 6) is 1.46. The maximum absolute atomic E-state index is 5.80. The van der Waals surface area contributed by atoms with E-state index < -0.39 is 0 Å². The molecule has 0 aliphatic carbocycles. The number of para-hydroxylation sites is 1. The Bertz CT molecular complexity index is 570. The number of ether oxygens (including phenoxy) is 1. The number of hydrogen-bond acceptors (Lipinski definition) is 3. The number of nitrogens with one attached hydrogen (secondary N) is 1. The summed E-state index contributed by atoms with van der Waals surface area (Å²) in [7, 11) is 0. The van der Waals surface area contributed by atoms with Crippen molar-refractivity contribution < 1.29 is 4.74 Å². The van der Waals surface area contributed by atoms with E-state index in [2.05, 4.69) is 48.4 Å². The molecule has 0 radical (unpaired) electrons. The number of pyridine rings is 1. The van der Waals surface area contributed by atoms with E-state index in [4.69, 9.17) is 4.74 Å². The van der Waals surface area contributed by atoms with Gasteiger partial charge in [0.25, 0.3) is 0 Å². The lowest BCUT2D eigenvalue weighted by molar-refractivity contribution is 0.182. The Morgan fingerprint density at radius 1 is 1.20 bits per heavy atom. The molecule has 0 spiro atoms. The number of fused-ring (bicyclic) bond motifs is 1. The first-order valence-corrected chi connectivity index (χ1v) is 7.13. The van der Waals surface area contributed by atoms with Crippen molar-refractivity contribution in [2.75, 3.05) is 6.61 Å². The highest BCUT2D eigenvalue weighted by atomic mass is 16.5. The lowest BCUT2D eigenvalue weighted by Gasteiger charge is -2.34. The van der Waals surface area contributed by atoms with Crippen LogP contribution in [0.5, 0.6) is 5.75 Å². The molecule has 0 saturated carbocycles. The number of hydrogen-bond donors (Lipinski definition) is 1. The van der Waals surface area contributed by atoms with Gasteiger partial charge in [0.05, 0.1) is 6.61 Å². The molecule has 0 saturated heterocycles. The van der Waals surface area contributed by atoms with Gasteiger partial charge in [-0.25, -0.2) is 0 Å². The van der Waals surface area contributed by atoms with Gasteiger partial charge in [0.1, 0.15) is 5.75 Å². The molecule has 3 heteroatoms. The van der Waals surface area contributed by atoms with Crippen molar-refractivity contribution in [3.63, 3.8) is 0 Å². The Morgan fingerprint density at radius 2 is 1.95 bits per heavy atom. The lowest BCUT2D eigenvalue weighted by Crippen LogP contribution is -2.35. The van der Waals surface area contributed by atoms with Gasteiger partial charge in [-0.1, -0.05) is 25.1 Å². The molecule has 3 atom stereocenters. The molecule has 1 aromatic heterocycles. The van der Waals surface area contributed by atoms with E-state index in [1.165, 1.54) is 11.1 Å². The number of rotatable bonds is 3. The van der Waals surface area contributed by atoms with Crippen molar-refractivity contribution >= 4 is 0 Å². The molecule has 1 N–H and O–H groups in total. The minimum Gasteiger partial charge on any atom is -0.493 e. The zero-order chi connectivity index (χ0) is 13.9. The van der Waals surface area contributed by atoms with Crippen LogP contribution in [0.3, 0.4) is 0 Å². The van der Waals surface area contributed by atoms with Crippen LogP contribution in [-0.2, 0) is 0 Å². The second kappa shape index (κ2) is 5.63. The zero-order valence-electron chi connectivity index (χ0n) is 11.9. The first kappa shape index (κ1) is 13.1. The zero-order valence-corrected chi connectivity index (χ0v) is 11.9. The Kier molecular flexibility index (Phi) is 3.70. The summed E-state index contributed by atoms with van der Waals surface area (Å²) in [5.41, 5.74) is 2.52. The molecule has 0 amide bonds. The third-order valence-corrected chi connectivity index (χ3v) is 3.96. The molecule has 1 aromatic carbocycles. The molecule has 1 aliphatic rings. The standard InChI is InChI=1S/C17H20N2O/c1-12-11-20-16-6-4-3-5-15(16)17(12)19-13(2)14-7-9-18-10-8-14/h3-10,12-13,17,19H,11H2,1-2H3/t12?,13-,17?/m1/s1. The fourth-order valence-corrected chi connectivity index (χ4v) is 2.76. The molecule has 1 aliphatic heterocycles. The van der Waals surface area contributed by atoms with Gasteiger partial charge in [0.2, 0.25) is 0 Å². The molecule has 2 aromatic rings. The molecule has 2 unspecified atom stereocenters. The summed E-state index contributed by atoms with van der Waals surface area (Å²) in [5, 5.41) is 3.73. The van der Waals surface area contributed by atoms with Crippen LogP contribution in [0.4, 0.5) is 0 Å². The average Bonchev–Trinajstić information content (AvgIpc) is 2.51. The molecule has 104 valence electrons. The van der Waals surface area contributed by atoms with Crippen LogP contribution in [0.1, 0.15) is 37.1 Å². The summed E-state index contributed by atoms with van der Waals surface area (Å²) < 4.78 is 5.80. The Labute approximate surface area is 120 Å². The molecule has 2 heterocycles. The first-order valence-electron chi connectivity index (χ1n) is 7.13. The van der Waals surface area contributed by atoms with Crippen molar-refractivity contribution in [1.82, 2.24) is 10.3 Å². The fourth-order valence-electron chi connectivity index (χ4n) is 2.76. The third-order valence-electron chi connectivity index (χ3n) is 3.96. The summed E-state index contributed by atoms with van der Waals surface area (Å²) in [6.07, 6.45) is 3.68. The number of aromatic nitrogens is 1. The summed E-state index contributed by atoms with van der Waals surface area (Å²) in [6, 6.07) is 13.0. The maximum atomic E-state index is 5.80. The Balaban J connectivity index is 1.83. The summed E-state index contributed by atoms with van der Waals surface area (Å²) in [6.45, 7) is 5.19. The van der Waals surface area contributed by atoms with Crippen molar-refractivity contribution in [2.24, 2.45) is 5.92 Å². The van der Waals surface area contributed by atoms with Crippen LogP contribution in [0.15, 0.2) is 48.8 Å². The number of benzene rings is 1. The predicted octanol–water partition coefficient (Wildman–Crippen LogP) is 3.50. The van der Waals surface area contributed by atoms with E-state index in [0.29, 0.717) is 12.0 Å². The first-order chi connectivity index (χ1) is 9.75. The van der Waals surface area contributed by atoms with E-state index >= 15 is 0 Å². The molecule has 0 bridgehead atoms. The minimum absolute atomic E-state index is 0.289. The smallest absolute Gasteiger partial charge is 0.124 e.